The Morgan fingerprint density at radius 3 is 2.70 bits per heavy atom. The Morgan fingerprint density at radius 1 is 1.19 bits per heavy atom. The van der Waals surface area contributed by atoms with Crippen molar-refractivity contribution in [3.05, 3.63) is 64.3 Å². The third-order valence-corrected chi connectivity index (χ3v) is 6.51. The van der Waals surface area contributed by atoms with Gasteiger partial charge in [0.2, 0.25) is 0 Å². The fourth-order valence-electron chi connectivity index (χ4n) is 3.86. The maximum atomic E-state index is 13.3. The predicted octanol–water partition coefficient (Wildman–Crippen LogP) is 3.79. The van der Waals surface area contributed by atoms with Crippen molar-refractivity contribution >= 4 is 28.4 Å². The first-order chi connectivity index (χ1) is 12.8. The number of hydrogen-bond acceptors (Lipinski definition) is 4. The molecule has 3 N–H and O–H groups in total. The van der Waals surface area contributed by atoms with E-state index < -0.39 is 6.10 Å². The molecule has 4 nitrogen and oxygen atoms in total. The summed E-state index contributed by atoms with van der Waals surface area (Å²) in [5, 5.41) is 19.6. The highest BCUT2D eigenvalue weighted by Crippen LogP contribution is 2.44. The highest BCUT2D eigenvalue weighted by molar-refractivity contribution is 7.99. The molecule has 0 aliphatic heterocycles. The molecule has 0 spiro atoms. The van der Waals surface area contributed by atoms with Gasteiger partial charge >= 0.3 is 0 Å². The van der Waals surface area contributed by atoms with E-state index in [4.69, 9.17) is 5.11 Å². The summed E-state index contributed by atoms with van der Waals surface area (Å²) in [5.41, 5.74) is 5.28. The van der Waals surface area contributed by atoms with Crippen molar-refractivity contribution in [3.63, 3.8) is 0 Å². The molecule has 3 aromatic rings. The lowest BCUT2D eigenvalue weighted by molar-refractivity contribution is 0.103. The average Bonchev–Trinajstić information content (AvgIpc) is 3.04. The smallest absolute Gasteiger partial charge is 0.195 e. The largest absolute Gasteiger partial charge is 0.394 e. The third-order valence-electron chi connectivity index (χ3n) is 5.37. The molecule has 4 rings (SSSR count). The zero-order valence-corrected chi connectivity index (χ0v) is 16.5. The summed E-state index contributed by atoms with van der Waals surface area (Å²) in [4.78, 5) is 17.8. The van der Waals surface area contributed by atoms with Gasteiger partial charge in [-0.25, -0.2) is 0 Å². The van der Waals surface area contributed by atoms with Crippen LogP contribution in [0.4, 0.5) is 0 Å². The molecule has 2 aromatic carbocycles. The van der Waals surface area contributed by atoms with Crippen molar-refractivity contribution in [1.82, 2.24) is 4.98 Å². The molecule has 5 heteroatoms. The van der Waals surface area contributed by atoms with Crippen LogP contribution in [0.15, 0.2) is 41.3 Å². The minimum absolute atomic E-state index is 0.0568. The fraction of sp³-hybridized carbons (Fsp3) is 0.318. The second-order valence-electron chi connectivity index (χ2n) is 7.73. The number of aliphatic hydroxyl groups excluding tert-OH is 2. The molecule has 0 bridgehead atoms. The Kier molecular flexibility index (Phi) is 4.41. The van der Waals surface area contributed by atoms with Gasteiger partial charge in [0.15, 0.2) is 5.78 Å². The van der Waals surface area contributed by atoms with E-state index in [9.17, 15) is 9.90 Å². The molecule has 1 aliphatic rings. The second-order valence-corrected chi connectivity index (χ2v) is 8.83. The molecule has 27 heavy (non-hydrogen) atoms. The van der Waals surface area contributed by atoms with Crippen molar-refractivity contribution in [2.24, 2.45) is 0 Å². The van der Waals surface area contributed by atoms with Crippen LogP contribution in [0.1, 0.15) is 46.6 Å². The quantitative estimate of drug-likeness (QED) is 0.601. The van der Waals surface area contributed by atoms with Crippen LogP contribution in [0.2, 0.25) is 0 Å². The number of fused-ring (bicyclic) bond motifs is 4. The second kappa shape index (κ2) is 6.51. The number of aliphatic hydroxyl groups is 2. The Labute approximate surface area is 162 Å². The fourth-order valence-corrected chi connectivity index (χ4v) is 4.71. The number of H-pyrrole nitrogens is 1. The molecule has 0 saturated carbocycles. The molecule has 1 aromatic heterocycles. The molecular weight excluding hydrogens is 358 g/mol. The number of aryl methyl sites for hydroxylation is 1. The lowest BCUT2D eigenvalue weighted by atomic mass is 9.71. The number of nitrogens with one attached hydrogen (secondary N) is 1. The van der Waals surface area contributed by atoms with Gasteiger partial charge in [-0.3, -0.25) is 4.79 Å². The van der Waals surface area contributed by atoms with Gasteiger partial charge in [0.05, 0.1) is 18.3 Å². The van der Waals surface area contributed by atoms with Gasteiger partial charge in [0, 0.05) is 38.2 Å². The Bertz CT molecular complexity index is 1050. The zero-order valence-electron chi connectivity index (χ0n) is 15.7. The number of hydrogen-bond donors (Lipinski definition) is 3. The van der Waals surface area contributed by atoms with E-state index >= 15 is 0 Å². The number of thioether (sulfide) groups is 1. The molecule has 0 amide bonds. The first-order valence-corrected chi connectivity index (χ1v) is 10.0. The molecule has 1 atom stereocenters. The summed E-state index contributed by atoms with van der Waals surface area (Å²) < 4.78 is 0. The SMILES string of the molecule is Cc1ccc2c3c([nH]c2c1)C(C)(C)c1cc(SCC(O)CO)ccc1C3=O. The molecule has 0 fully saturated rings. The lowest BCUT2D eigenvalue weighted by Gasteiger charge is -2.32. The molecule has 0 radical (unpaired) electrons. The van der Waals surface area contributed by atoms with Crippen molar-refractivity contribution < 1.29 is 15.0 Å². The van der Waals surface area contributed by atoms with Crippen LogP contribution in [0, 0.1) is 6.92 Å². The van der Waals surface area contributed by atoms with Crippen LogP contribution in [0.5, 0.6) is 0 Å². The van der Waals surface area contributed by atoms with Gasteiger partial charge in [-0.2, -0.15) is 0 Å². The summed E-state index contributed by atoms with van der Waals surface area (Å²) in [6.07, 6.45) is -0.746. The first-order valence-electron chi connectivity index (χ1n) is 9.06. The molecule has 1 heterocycles. The average molecular weight is 381 g/mol. The standard InChI is InChI=1S/C22H23NO3S/c1-12-4-6-16-18(8-12)23-21-19(16)20(26)15-7-5-14(27-11-13(25)10-24)9-17(15)22(21,2)3/h4-9,13,23-25H,10-11H2,1-3H3. The van der Waals surface area contributed by atoms with E-state index in [1.165, 1.54) is 11.8 Å². The van der Waals surface area contributed by atoms with Crippen LogP contribution in [0.3, 0.4) is 0 Å². The number of carbonyl (C=O) groups is 1. The first kappa shape index (κ1) is 18.3. The maximum Gasteiger partial charge on any atom is 0.195 e. The van der Waals surface area contributed by atoms with Gasteiger partial charge in [-0.15, -0.1) is 11.8 Å². The maximum absolute atomic E-state index is 13.3. The van der Waals surface area contributed by atoms with E-state index in [0.717, 1.165) is 43.7 Å². The van der Waals surface area contributed by atoms with Crippen molar-refractivity contribution in [1.29, 1.82) is 0 Å². The van der Waals surface area contributed by atoms with Crippen molar-refractivity contribution in [2.75, 3.05) is 12.4 Å². The van der Waals surface area contributed by atoms with Gasteiger partial charge in [-0.05, 0) is 42.3 Å². The molecule has 1 unspecified atom stereocenters. The number of ketones is 1. The summed E-state index contributed by atoms with van der Waals surface area (Å²) in [5.74, 6) is 0.474. The van der Waals surface area contributed by atoms with Crippen LogP contribution >= 0.6 is 11.8 Å². The van der Waals surface area contributed by atoms with E-state index in [1.807, 2.05) is 37.3 Å². The van der Waals surface area contributed by atoms with Gasteiger partial charge < -0.3 is 15.2 Å². The Hall–Kier alpha value is -2.08. The minimum Gasteiger partial charge on any atom is -0.394 e. The van der Waals surface area contributed by atoms with Crippen LogP contribution < -0.4 is 0 Å². The zero-order chi connectivity index (χ0) is 19.3. The van der Waals surface area contributed by atoms with Crippen LogP contribution in [-0.2, 0) is 5.41 Å². The number of aromatic nitrogens is 1. The van der Waals surface area contributed by atoms with Crippen molar-refractivity contribution in [2.45, 2.75) is 37.2 Å². The Morgan fingerprint density at radius 2 is 1.96 bits per heavy atom. The van der Waals surface area contributed by atoms with E-state index in [0.29, 0.717) is 5.75 Å². The highest BCUT2D eigenvalue weighted by atomic mass is 32.2. The monoisotopic (exact) mass is 381 g/mol. The molecule has 1 aliphatic carbocycles. The highest BCUT2D eigenvalue weighted by Gasteiger charge is 2.39. The van der Waals surface area contributed by atoms with Crippen molar-refractivity contribution in [3.8, 4) is 0 Å². The van der Waals surface area contributed by atoms with Crippen LogP contribution in [-0.4, -0.2) is 39.4 Å². The Balaban J connectivity index is 1.83. The summed E-state index contributed by atoms with van der Waals surface area (Å²) in [6.45, 7) is 6.07. The normalized spacial score (nSPS) is 16.3. The molecule has 0 saturated heterocycles. The van der Waals surface area contributed by atoms with Gasteiger partial charge in [-0.1, -0.05) is 26.0 Å². The summed E-state index contributed by atoms with van der Waals surface area (Å²) in [7, 11) is 0. The lowest BCUT2D eigenvalue weighted by Crippen LogP contribution is -2.30. The van der Waals surface area contributed by atoms with Crippen LogP contribution in [0.25, 0.3) is 10.9 Å². The van der Waals surface area contributed by atoms with Gasteiger partial charge in [0.1, 0.15) is 0 Å². The molecular formula is C22H23NO3S. The third kappa shape index (κ3) is 2.90. The van der Waals surface area contributed by atoms with E-state index in [1.54, 1.807) is 0 Å². The molecule has 140 valence electrons. The predicted molar refractivity (Wildman–Crippen MR) is 109 cm³/mol. The number of rotatable bonds is 4. The van der Waals surface area contributed by atoms with E-state index in [-0.39, 0.29) is 17.8 Å². The minimum atomic E-state index is -0.746. The number of carbonyl (C=O) groups excluding carboxylic acids is 1. The summed E-state index contributed by atoms with van der Waals surface area (Å²) >= 11 is 1.48. The number of benzene rings is 2. The summed E-state index contributed by atoms with van der Waals surface area (Å²) in [6, 6.07) is 12.0. The van der Waals surface area contributed by atoms with Gasteiger partial charge in [0.25, 0.3) is 0 Å². The number of aromatic amines is 1. The topological polar surface area (TPSA) is 73.3 Å². The van der Waals surface area contributed by atoms with E-state index in [2.05, 4.69) is 24.9 Å².